The van der Waals surface area contributed by atoms with Gasteiger partial charge in [0, 0.05) is 37.9 Å². The molecule has 1 aromatic carbocycles. The lowest BCUT2D eigenvalue weighted by molar-refractivity contribution is -0.384. The van der Waals surface area contributed by atoms with Crippen molar-refractivity contribution in [3.63, 3.8) is 0 Å². The molecule has 21 heavy (non-hydrogen) atoms. The number of rotatable bonds is 2. The Kier molecular flexibility index (Phi) is 3.74. The topological polar surface area (TPSA) is 84.7 Å². The predicted octanol–water partition coefficient (Wildman–Crippen LogP) is 1.85. The second-order valence-electron chi connectivity index (χ2n) is 5.31. The summed E-state index contributed by atoms with van der Waals surface area (Å²) in [4.78, 5) is 24.4. The molecule has 0 saturated carbocycles. The average Bonchev–Trinajstić information content (AvgIpc) is 2.91. The highest BCUT2D eigenvalue weighted by Gasteiger charge is 2.28. The van der Waals surface area contributed by atoms with Crippen LogP contribution >= 0.6 is 0 Å². The molecule has 1 fully saturated rings. The van der Waals surface area contributed by atoms with Crippen LogP contribution in [0, 0.1) is 10.1 Å². The van der Waals surface area contributed by atoms with Crippen LogP contribution in [0.5, 0.6) is 0 Å². The zero-order valence-electron chi connectivity index (χ0n) is 11.6. The van der Waals surface area contributed by atoms with Crippen molar-refractivity contribution in [3.8, 4) is 0 Å². The van der Waals surface area contributed by atoms with Crippen LogP contribution in [0.3, 0.4) is 0 Å². The Morgan fingerprint density at radius 2 is 2.14 bits per heavy atom. The van der Waals surface area contributed by atoms with E-state index in [1.807, 2.05) is 0 Å². The number of nitro benzene ring substituents is 1. The molecule has 0 bridgehead atoms. The lowest BCUT2D eigenvalue weighted by atomic mass is 10.1. The van der Waals surface area contributed by atoms with Gasteiger partial charge in [-0.15, -0.1) is 0 Å². The normalized spacial score (nSPS) is 18.4. The summed E-state index contributed by atoms with van der Waals surface area (Å²) in [7, 11) is 0. The van der Waals surface area contributed by atoms with E-state index in [1.165, 1.54) is 12.1 Å². The summed E-state index contributed by atoms with van der Waals surface area (Å²) < 4.78 is 5.27. The van der Waals surface area contributed by atoms with Crippen LogP contribution in [0.4, 0.5) is 16.2 Å². The van der Waals surface area contributed by atoms with Crippen molar-refractivity contribution in [2.24, 2.45) is 0 Å². The molecule has 2 amide bonds. The monoisotopic (exact) mass is 291 g/mol. The first-order chi connectivity index (χ1) is 10.1. The van der Waals surface area contributed by atoms with Crippen LogP contribution in [0.2, 0.25) is 0 Å². The van der Waals surface area contributed by atoms with Gasteiger partial charge in [0.1, 0.15) is 0 Å². The van der Waals surface area contributed by atoms with E-state index in [0.717, 1.165) is 24.8 Å². The molecule has 2 aliphatic rings. The van der Waals surface area contributed by atoms with Gasteiger partial charge >= 0.3 is 6.03 Å². The van der Waals surface area contributed by atoms with Crippen molar-refractivity contribution in [3.05, 3.63) is 33.9 Å². The van der Waals surface area contributed by atoms with Gasteiger partial charge in [-0.2, -0.15) is 0 Å². The Hall–Kier alpha value is -2.15. The lowest BCUT2D eigenvalue weighted by Crippen LogP contribution is -2.46. The van der Waals surface area contributed by atoms with Gasteiger partial charge in [0.15, 0.2) is 0 Å². The first-order valence-electron chi connectivity index (χ1n) is 7.08. The first kappa shape index (κ1) is 13.8. The molecule has 2 aliphatic heterocycles. The van der Waals surface area contributed by atoms with E-state index in [4.69, 9.17) is 4.74 Å². The van der Waals surface area contributed by atoms with E-state index >= 15 is 0 Å². The number of hydrogen-bond acceptors (Lipinski definition) is 4. The maximum Gasteiger partial charge on any atom is 0.322 e. The van der Waals surface area contributed by atoms with E-state index in [0.29, 0.717) is 25.4 Å². The summed E-state index contributed by atoms with van der Waals surface area (Å²) >= 11 is 0. The Morgan fingerprint density at radius 1 is 1.38 bits per heavy atom. The van der Waals surface area contributed by atoms with Crippen molar-refractivity contribution in [2.45, 2.75) is 25.3 Å². The molecule has 3 rings (SSSR count). The van der Waals surface area contributed by atoms with Crippen LogP contribution in [0.1, 0.15) is 18.4 Å². The zero-order chi connectivity index (χ0) is 14.8. The van der Waals surface area contributed by atoms with Crippen molar-refractivity contribution in [2.75, 3.05) is 24.7 Å². The summed E-state index contributed by atoms with van der Waals surface area (Å²) in [6.07, 6.45) is 2.34. The Balaban J connectivity index is 1.74. The second-order valence-corrected chi connectivity index (χ2v) is 5.31. The van der Waals surface area contributed by atoms with Gasteiger partial charge in [-0.05, 0) is 24.8 Å². The van der Waals surface area contributed by atoms with Crippen LogP contribution in [-0.2, 0) is 11.2 Å². The Bertz CT molecular complexity index is 569. The van der Waals surface area contributed by atoms with Crippen LogP contribution in [-0.4, -0.2) is 36.8 Å². The number of ether oxygens (including phenoxy) is 1. The fourth-order valence-corrected chi connectivity index (χ4v) is 2.79. The number of hydrogen-bond donors (Lipinski definition) is 1. The minimum atomic E-state index is -0.437. The molecule has 1 N–H and O–H groups in total. The summed E-state index contributed by atoms with van der Waals surface area (Å²) in [5, 5.41) is 13.9. The third-order valence-corrected chi connectivity index (χ3v) is 3.97. The molecule has 0 atom stereocenters. The van der Waals surface area contributed by atoms with Crippen molar-refractivity contribution >= 4 is 17.4 Å². The SMILES string of the molecule is O=C(NC1CCOCC1)N1CCc2ccc([N+](=O)[O-])cc21. The molecule has 112 valence electrons. The molecule has 0 aromatic heterocycles. The smallest absolute Gasteiger partial charge is 0.322 e. The number of carbonyl (C=O) groups is 1. The van der Waals surface area contributed by atoms with E-state index in [1.54, 1.807) is 11.0 Å². The second kappa shape index (κ2) is 5.69. The molecule has 1 aromatic rings. The molecule has 1 saturated heterocycles. The maximum atomic E-state index is 12.4. The van der Waals surface area contributed by atoms with E-state index in [2.05, 4.69) is 5.32 Å². The van der Waals surface area contributed by atoms with E-state index in [9.17, 15) is 14.9 Å². The highest BCUT2D eigenvalue weighted by molar-refractivity contribution is 5.94. The third kappa shape index (κ3) is 2.82. The number of amides is 2. The number of benzene rings is 1. The largest absolute Gasteiger partial charge is 0.381 e. The summed E-state index contributed by atoms with van der Waals surface area (Å²) in [5.74, 6) is 0. The predicted molar refractivity (Wildman–Crippen MR) is 76.5 cm³/mol. The Labute approximate surface area is 122 Å². The molecular formula is C14H17N3O4. The summed E-state index contributed by atoms with van der Waals surface area (Å²) in [5.41, 5.74) is 1.64. The van der Waals surface area contributed by atoms with Crippen LogP contribution in [0.15, 0.2) is 18.2 Å². The first-order valence-corrected chi connectivity index (χ1v) is 7.08. The average molecular weight is 291 g/mol. The quantitative estimate of drug-likeness (QED) is 0.665. The van der Waals surface area contributed by atoms with Gasteiger partial charge in [-0.1, -0.05) is 6.07 Å². The van der Waals surface area contributed by atoms with E-state index in [-0.39, 0.29) is 17.8 Å². The van der Waals surface area contributed by atoms with Gasteiger partial charge in [0.25, 0.3) is 5.69 Å². The van der Waals surface area contributed by atoms with Crippen LogP contribution in [0.25, 0.3) is 0 Å². The summed E-state index contributed by atoms with van der Waals surface area (Å²) in [6, 6.07) is 4.63. The molecule has 7 heteroatoms. The fourth-order valence-electron chi connectivity index (χ4n) is 2.79. The number of carbonyl (C=O) groups excluding carboxylic acids is 1. The molecule has 0 radical (unpaired) electrons. The number of nitrogens with one attached hydrogen (secondary N) is 1. The number of fused-ring (bicyclic) bond motifs is 1. The van der Waals surface area contributed by atoms with Gasteiger partial charge in [-0.3, -0.25) is 15.0 Å². The highest BCUT2D eigenvalue weighted by atomic mass is 16.6. The van der Waals surface area contributed by atoms with Crippen LogP contribution < -0.4 is 10.2 Å². The molecule has 2 heterocycles. The zero-order valence-corrected chi connectivity index (χ0v) is 11.6. The number of anilines is 1. The molecular weight excluding hydrogens is 274 g/mol. The van der Waals surface area contributed by atoms with Crippen molar-refractivity contribution in [1.29, 1.82) is 0 Å². The lowest BCUT2D eigenvalue weighted by Gasteiger charge is -2.26. The van der Waals surface area contributed by atoms with Gasteiger partial charge < -0.3 is 10.1 Å². The molecule has 7 nitrogen and oxygen atoms in total. The standard InChI is InChI=1S/C14H17N3O4/c18-14(15-11-4-7-21-8-5-11)16-6-3-10-1-2-12(17(19)20)9-13(10)16/h1-2,9,11H,3-8H2,(H,15,18). The number of nitro groups is 1. The highest BCUT2D eigenvalue weighted by Crippen LogP contribution is 2.31. The maximum absolute atomic E-state index is 12.4. The molecule has 0 spiro atoms. The molecule has 0 unspecified atom stereocenters. The summed E-state index contributed by atoms with van der Waals surface area (Å²) in [6.45, 7) is 1.88. The van der Waals surface area contributed by atoms with Gasteiger partial charge in [0.05, 0.1) is 10.6 Å². The fraction of sp³-hybridized carbons (Fsp3) is 0.500. The van der Waals surface area contributed by atoms with Crippen molar-refractivity contribution < 1.29 is 14.5 Å². The van der Waals surface area contributed by atoms with Gasteiger partial charge in [-0.25, -0.2) is 4.79 Å². The minimum absolute atomic E-state index is 0.0134. The van der Waals surface area contributed by atoms with E-state index < -0.39 is 4.92 Å². The third-order valence-electron chi connectivity index (χ3n) is 3.97. The minimum Gasteiger partial charge on any atom is -0.381 e. The van der Waals surface area contributed by atoms with Gasteiger partial charge in [0.2, 0.25) is 0 Å². The Morgan fingerprint density at radius 3 is 2.86 bits per heavy atom. The number of nitrogens with zero attached hydrogens (tertiary/aromatic N) is 2. The number of non-ortho nitro benzene ring substituents is 1. The molecule has 0 aliphatic carbocycles. The van der Waals surface area contributed by atoms with Crippen molar-refractivity contribution in [1.82, 2.24) is 5.32 Å². The number of urea groups is 1.